The van der Waals surface area contributed by atoms with Crippen molar-refractivity contribution >= 4 is 27.8 Å². The first-order valence-electron chi connectivity index (χ1n) is 6.21. The van der Waals surface area contributed by atoms with Crippen molar-refractivity contribution < 1.29 is 14.3 Å². The molecule has 1 aliphatic rings. The fraction of sp³-hybridized carbons (Fsp3) is 0.429. The number of amides is 1. The summed E-state index contributed by atoms with van der Waals surface area (Å²) in [6, 6.07) is 7.00. The van der Waals surface area contributed by atoms with Gasteiger partial charge in [0.25, 0.3) is 5.91 Å². The molecule has 1 atom stereocenters. The highest BCUT2D eigenvalue weighted by Gasteiger charge is 2.35. The second-order valence-corrected chi connectivity index (χ2v) is 5.07. The van der Waals surface area contributed by atoms with Crippen LogP contribution in [0.3, 0.4) is 0 Å². The molecule has 1 unspecified atom stereocenters. The lowest BCUT2D eigenvalue weighted by Gasteiger charge is -2.22. The van der Waals surface area contributed by atoms with Crippen molar-refractivity contribution in [3.8, 4) is 0 Å². The summed E-state index contributed by atoms with van der Waals surface area (Å²) in [5, 5.41) is 0.703. The number of ether oxygens (including phenoxy) is 1. The van der Waals surface area contributed by atoms with E-state index in [9.17, 15) is 9.59 Å². The van der Waals surface area contributed by atoms with Crippen molar-refractivity contribution in [1.82, 2.24) is 4.90 Å². The minimum atomic E-state index is -0.440. The van der Waals surface area contributed by atoms with E-state index >= 15 is 0 Å². The fourth-order valence-corrected chi connectivity index (χ4v) is 2.69. The molecule has 1 saturated heterocycles. The monoisotopic (exact) mass is 325 g/mol. The molecule has 0 spiro atoms. The molecule has 0 aromatic heterocycles. The third-order valence-electron chi connectivity index (χ3n) is 3.32. The van der Waals surface area contributed by atoms with E-state index in [1.807, 2.05) is 18.2 Å². The first-order chi connectivity index (χ1) is 9.17. The Kier molecular flexibility index (Phi) is 4.58. The smallest absolute Gasteiger partial charge is 0.328 e. The highest BCUT2D eigenvalue weighted by Crippen LogP contribution is 2.21. The zero-order valence-electron chi connectivity index (χ0n) is 10.8. The molecule has 19 heavy (non-hydrogen) atoms. The Morgan fingerprint density at radius 3 is 2.95 bits per heavy atom. The van der Waals surface area contributed by atoms with Crippen molar-refractivity contribution in [2.24, 2.45) is 0 Å². The van der Waals surface area contributed by atoms with Crippen LogP contribution in [0.25, 0.3) is 0 Å². The van der Waals surface area contributed by atoms with E-state index in [0.717, 1.165) is 12.0 Å². The Hall–Kier alpha value is -1.36. The van der Waals surface area contributed by atoms with Crippen LogP contribution in [-0.4, -0.2) is 36.5 Å². The van der Waals surface area contributed by atoms with Crippen LogP contribution in [0.2, 0.25) is 0 Å². The van der Waals surface area contributed by atoms with E-state index in [1.165, 1.54) is 7.11 Å². The normalized spacial score (nSPS) is 18.4. The molecular weight excluding hydrogens is 310 g/mol. The lowest BCUT2D eigenvalue weighted by molar-refractivity contribution is -0.145. The predicted molar refractivity (Wildman–Crippen MR) is 75.1 cm³/mol. The van der Waals surface area contributed by atoms with Gasteiger partial charge in [0.05, 0.1) is 7.11 Å². The van der Waals surface area contributed by atoms with E-state index in [0.29, 0.717) is 23.9 Å². The largest absolute Gasteiger partial charge is 0.467 e. The molecule has 0 bridgehead atoms. The van der Waals surface area contributed by atoms with Crippen molar-refractivity contribution in [3.05, 3.63) is 35.4 Å². The van der Waals surface area contributed by atoms with E-state index in [-0.39, 0.29) is 11.9 Å². The average molecular weight is 326 g/mol. The Morgan fingerprint density at radius 1 is 1.47 bits per heavy atom. The summed E-state index contributed by atoms with van der Waals surface area (Å²) in [5.41, 5.74) is 1.66. The van der Waals surface area contributed by atoms with Crippen LogP contribution in [-0.2, 0) is 14.9 Å². The second-order valence-electron chi connectivity index (χ2n) is 4.51. The quantitative estimate of drug-likeness (QED) is 0.633. The van der Waals surface area contributed by atoms with Gasteiger partial charge in [0.1, 0.15) is 6.04 Å². The molecule has 1 aromatic carbocycles. The molecule has 0 saturated carbocycles. The Labute approximate surface area is 120 Å². The first kappa shape index (κ1) is 14.1. The molecule has 5 heteroatoms. The number of rotatable bonds is 3. The van der Waals surface area contributed by atoms with E-state index in [1.54, 1.807) is 11.0 Å². The zero-order valence-corrected chi connectivity index (χ0v) is 12.4. The molecule has 2 rings (SSSR count). The third kappa shape index (κ3) is 2.97. The van der Waals surface area contributed by atoms with Gasteiger partial charge in [0.2, 0.25) is 0 Å². The summed E-state index contributed by atoms with van der Waals surface area (Å²) in [6.07, 6.45) is 1.51. The number of halogens is 1. The molecule has 0 aliphatic carbocycles. The molecule has 1 aromatic rings. The van der Waals surface area contributed by atoms with Crippen LogP contribution >= 0.6 is 15.9 Å². The van der Waals surface area contributed by atoms with Gasteiger partial charge in [-0.05, 0) is 30.5 Å². The number of hydrogen-bond donors (Lipinski definition) is 0. The van der Waals surface area contributed by atoms with Crippen molar-refractivity contribution in [2.45, 2.75) is 24.2 Å². The van der Waals surface area contributed by atoms with Gasteiger partial charge < -0.3 is 9.64 Å². The number of methoxy groups -OCH3 is 1. The minimum Gasteiger partial charge on any atom is -0.467 e. The Bertz CT molecular complexity index is 489. The number of carbonyl (C=O) groups excluding carboxylic acids is 2. The number of likely N-dealkylation sites (tertiary alicyclic amines) is 1. The maximum atomic E-state index is 12.4. The highest BCUT2D eigenvalue weighted by atomic mass is 79.9. The summed E-state index contributed by atoms with van der Waals surface area (Å²) < 4.78 is 4.75. The van der Waals surface area contributed by atoms with Crippen LogP contribution in [0.15, 0.2) is 24.3 Å². The van der Waals surface area contributed by atoms with Gasteiger partial charge in [-0.1, -0.05) is 28.1 Å². The van der Waals surface area contributed by atoms with E-state index < -0.39 is 6.04 Å². The van der Waals surface area contributed by atoms with Gasteiger partial charge in [-0.3, -0.25) is 4.79 Å². The minimum absolute atomic E-state index is 0.101. The molecule has 1 fully saturated rings. The standard InChI is InChI=1S/C14H16BrNO3/c1-19-14(18)12-6-3-7-16(12)13(17)11-5-2-4-10(8-11)9-15/h2,4-5,8,12H,3,6-7,9H2,1H3. The van der Waals surface area contributed by atoms with Gasteiger partial charge in [0.15, 0.2) is 0 Å². The molecule has 1 heterocycles. The van der Waals surface area contributed by atoms with Gasteiger partial charge in [-0.2, -0.15) is 0 Å². The summed E-state index contributed by atoms with van der Waals surface area (Å²) in [7, 11) is 1.36. The third-order valence-corrected chi connectivity index (χ3v) is 3.96. The van der Waals surface area contributed by atoms with Crippen molar-refractivity contribution in [1.29, 1.82) is 0 Å². The lowest BCUT2D eigenvalue weighted by atomic mass is 10.1. The topological polar surface area (TPSA) is 46.6 Å². The molecule has 0 radical (unpaired) electrons. The molecular formula is C14H16BrNO3. The summed E-state index contributed by atoms with van der Waals surface area (Å²) in [5.74, 6) is -0.432. The fourth-order valence-electron chi connectivity index (χ4n) is 2.34. The summed E-state index contributed by atoms with van der Waals surface area (Å²) >= 11 is 3.37. The highest BCUT2D eigenvalue weighted by molar-refractivity contribution is 9.08. The van der Waals surface area contributed by atoms with Crippen LogP contribution in [0.4, 0.5) is 0 Å². The number of hydrogen-bond acceptors (Lipinski definition) is 3. The average Bonchev–Trinajstić information content (AvgIpc) is 2.95. The SMILES string of the molecule is COC(=O)C1CCCN1C(=O)c1cccc(CBr)c1. The molecule has 0 N–H and O–H groups in total. The summed E-state index contributed by atoms with van der Waals surface area (Å²) in [6.45, 7) is 0.608. The van der Waals surface area contributed by atoms with Gasteiger partial charge in [-0.25, -0.2) is 4.79 Å². The maximum absolute atomic E-state index is 12.4. The van der Waals surface area contributed by atoms with Gasteiger partial charge in [0, 0.05) is 17.4 Å². The van der Waals surface area contributed by atoms with Crippen LogP contribution < -0.4 is 0 Å². The van der Waals surface area contributed by atoms with Gasteiger partial charge >= 0.3 is 5.97 Å². The first-order valence-corrected chi connectivity index (χ1v) is 7.33. The molecule has 1 aliphatic heterocycles. The van der Waals surface area contributed by atoms with E-state index in [4.69, 9.17) is 4.74 Å². The second kappa shape index (κ2) is 6.19. The number of esters is 1. The maximum Gasteiger partial charge on any atom is 0.328 e. The molecule has 102 valence electrons. The Balaban J connectivity index is 2.20. The van der Waals surface area contributed by atoms with Crippen molar-refractivity contribution in [3.63, 3.8) is 0 Å². The predicted octanol–water partition coefficient (Wildman–Crippen LogP) is 2.36. The Morgan fingerprint density at radius 2 is 2.26 bits per heavy atom. The van der Waals surface area contributed by atoms with E-state index in [2.05, 4.69) is 15.9 Å². The molecule has 4 nitrogen and oxygen atoms in total. The van der Waals surface area contributed by atoms with Crippen molar-refractivity contribution in [2.75, 3.05) is 13.7 Å². The number of nitrogens with zero attached hydrogens (tertiary/aromatic N) is 1. The van der Waals surface area contributed by atoms with Crippen LogP contribution in [0, 0.1) is 0 Å². The molecule has 1 amide bonds. The number of benzene rings is 1. The summed E-state index contributed by atoms with van der Waals surface area (Å²) in [4.78, 5) is 25.7. The zero-order chi connectivity index (χ0) is 13.8. The number of carbonyl (C=O) groups is 2. The van der Waals surface area contributed by atoms with Crippen LogP contribution in [0.5, 0.6) is 0 Å². The number of alkyl halides is 1. The van der Waals surface area contributed by atoms with Gasteiger partial charge in [-0.15, -0.1) is 0 Å². The lowest BCUT2D eigenvalue weighted by Crippen LogP contribution is -2.41. The van der Waals surface area contributed by atoms with Crippen LogP contribution in [0.1, 0.15) is 28.8 Å².